The van der Waals surface area contributed by atoms with Gasteiger partial charge in [0.2, 0.25) is 0 Å². The van der Waals surface area contributed by atoms with Crippen molar-refractivity contribution in [2.24, 2.45) is 5.92 Å². The monoisotopic (exact) mass is 337 g/mol. The first kappa shape index (κ1) is 16.9. The molecule has 0 saturated heterocycles. The minimum atomic E-state index is -0.318. The molecule has 1 heterocycles. The lowest BCUT2D eigenvalue weighted by molar-refractivity contribution is -0.135. The van der Waals surface area contributed by atoms with Crippen molar-refractivity contribution in [2.45, 2.75) is 19.8 Å². The normalized spacial score (nSPS) is 14.4. The van der Waals surface area contributed by atoms with Gasteiger partial charge in [-0.3, -0.25) is 19.3 Å². The first-order valence-electron chi connectivity index (χ1n) is 8.27. The second-order valence-corrected chi connectivity index (χ2v) is 6.19. The smallest absolute Gasteiger partial charge is 0.311 e. The van der Waals surface area contributed by atoms with Crippen LogP contribution in [0.25, 0.3) is 0 Å². The Morgan fingerprint density at radius 1 is 0.960 bits per heavy atom. The molecule has 0 aromatic heterocycles. The third-order valence-corrected chi connectivity index (χ3v) is 4.21. The minimum Gasteiger partial charge on any atom is -0.427 e. The molecule has 0 fully saturated rings. The molecule has 3 rings (SSSR count). The van der Waals surface area contributed by atoms with E-state index >= 15 is 0 Å². The molecule has 1 aliphatic heterocycles. The highest BCUT2D eigenvalue weighted by molar-refractivity contribution is 6.21. The molecule has 5 heteroatoms. The predicted molar refractivity (Wildman–Crippen MR) is 92.3 cm³/mol. The molecule has 0 bridgehead atoms. The molecule has 1 aliphatic rings. The van der Waals surface area contributed by atoms with E-state index in [9.17, 15) is 14.4 Å². The lowest BCUT2D eigenvalue weighted by Crippen LogP contribution is -2.31. The van der Waals surface area contributed by atoms with Crippen LogP contribution in [0, 0.1) is 5.92 Å². The molecule has 2 amide bonds. The molecule has 128 valence electrons. The number of benzene rings is 2. The molecule has 1 unspecified atom stereocenters. The average Bonchev–Trinajstić information content (AvgIpc) is 2.85. The quantitative estimate of drug-likeness (QED) is 0.461. The summed E-state index contributed by atoms with van der Waals surface area (Å²) >= 11 is 0. The molecule has 25 heavy (non-hydrogen) atoms. The zero-order chi connectivity index (χ0) is 17.8. The molecular weight excluding hydrogens is 318 g/mol. The Labute approximate surface area is 146 Å². The van der Waals surface area contributed by atoms with Crippen molar-refractivity contribution in [1.29, 1.82) is 0 Å². The van der Waals surface area contributed by atoms with Gasteiger partial charge in [0.25, 0.3) is 11.8 Å². The standard InChI is InChI=1S/C20H19NO4/c1-14(13-18(22)25-15-7-3-2-4-8-15)11-12-21-19(23)16-9-5-6-10-17(16)20(21)24/h2-10,14H,11-13H2,1H3. The number of hydrogen-bond donors (Lipinski definition) is 0. The Morgan fingerprint density at radius 3 is 2.12 bits per heavy atom. The Bertz CT molecular complexity index is 765. The average molecular weight is 337 g/mol. The van der Waals surface area contributed by atoms with Crippen LogP contribution in [0.4, 0.5) is 0 Å². The van der Waals surface area contributed by atoms with Gasteiger partial charge in [0.1, 0.15) is 5.75 Å². The molecule has 0 N–H and O–H groups in total. The maximum Gasteiger partial charge on any atom is 0.311 e. The number of hydrogen-bond acceptors (Lipinski definition) is 4. The largest absolute Gasteiger partial charge is 0.427 e. The maximum absolute atomic E-state index is 12.3. The fourth-order valence-corrected chi connectivity index (χ4v) is 2.84. The number of amides is 2. The van der Waals surface area contributed by atoms with Crippen LogP contribution in [0.5, 0.6) is 5.75 Å². The van der Waals surface area contributed by atoms with Gasteiger partial charge in [0.05, 0.1) is 11.1 Å². The number of imide groups is 1. The van der Waals surface area contributed by atoms with E-state index in [1.54, 1.807) is 48.5 Å². The van der Waals surface area contributed by atoms with Crippen LogP contribution >= 0.6 is 0 Å². The van der Waals surface area contributed by atoms with E-state index in [-0.39, 0.29) is 30.1 Å². The highest BCUT2D eigenvalue weighted by atomic mass is 16.5. The third kappa shape index (κ3) is 3.76. The minimum absolute atomic E-state index is 0.000486. The summed E-state index contributed by atoms with van der Waals surface area (Å²) in [7, 11) is 0. The van der Waals surface area contributed by atoms with Gasteiger partial charge in [-0.15, -0.1) is 0 Å². The Morgan fingerprint density at radius 2 is 1.52 bits per heavy atom. The molecule has 5 nitrogen and oxygen atoms in total. The van der Waals surface area contributed by atoms with E-state index in [1.807, 2.05) is 13.0 Å². The lowest BCUT2D eigenvalue weighted by atomic mass is 10.0. The Hall–Kier alpha value is -2.95. The first-order valence-corrected chi connectivity index (χ1v) is 8.27. The van der Waals surface area contributed by atoms with Crippen LogP contribution in [0.1, 0.15) is 40.5 Å². The van der Waals surface area contributed by atoms with Crippen molar-refractivity contribution in [3.05, 3.63) is 65.7 Å². The van der Waals surface area contributed by atoms with Crippen LogP contribution in [-0.4, -0.2) is 29.2 Å². The third-order valence-electron chi connectivity index (χ3n) is 4.21. The molecule has 0 spiro atoms. The van der Waals surface area contributed by atoms with Crippen molar-refractivity contribution in [2.75, 3.05) is 6.54 Å². The fourth-order valence-electron chi connectivity index (χ4n) is 2.84. The molecule has 0 saturated carbocycles. The number of rotatable bonds is 6. The number of esters is 1. The SMILES string of the molecule is CC(CCN1C(=O)c2ccccc2C1=O)CC(=O)Oc1ccccc1. The van der Waals surface area contributed by atoms with Crippen molar-refractivity contribution in [3.63, 3.8) is 0 Å². The number of fused-ring (bicyclic) bond motifs is 1. The number of ether oxygens (including phenoxy) is 1. The predicted octanol–water partition coefficient (Wildman–Crippen LogP) is 3.30. The van der Waals surface area contributed by atoms with Crippen molar-refractivity contribution in [1.82, 2.24) is 4.90 Å². The topological polar surface area (TPSA) is 63.7 Å². The molecule has 0 radical (unpaired) electrons. The molecule has 2 aromatic carbocycles. The van der Waals surface area contributed by atoms with Gasteiger partial charge in [-0.05, 0) is 36.6 Å². The fraction of sp³-hybridized carbons (Fsp3) is 0.250. The summed E-state index contributed by atoms with van der Waals surface area (Å²) in [5.74, 6) is -0.332. The Balaban J connectivity index is 1.51. The van der Waals surface area contributed by atoms with Crippen LogP contribution in [0.2, 0.25) is 0 Å². The van der Waals surface area contributed by atoms with E-state index in [0.29, 0.717) is 29.8 Å². The summed E-state index contributed by atoms with van der Waals surface area (Å²) in [5.41, 5.74) is 0.896. The van der Waals surface area contributed by atoms with Gasteiger partial charge < -0.3 is 4.74 Å². The van der Waals surface area contributed by atoms with Gasteiger partial charge in [0.15, 0.2) is 0 Å². The lowest BCUT2D eigenvalue weighted by Gasteiger charge is -2.17. The summed E-state index contributed by atoms with van der Waals surface area (Å²) in [6, 6.07) is 15.7. The summed E-state index contributed by atoms with van der Waals surface area (Å²) in [6.07, 6.45) is 0.785. The molecule has 2 aromatic rings. The van der Waals surface area contributed by atoms with Gasteiger partial charge in [-0.2, -0.15) is 0 Å². The van der Waals surface area contributed by atoms with Crippen LogP contribution < -0.4 is 4.74 Å². The van der Waals surface area contributed by atoms with E-state index < -0.39 is 0 Å². The molecular formula is C20H19NO4. The van der Waals surface area contributed by atoms with Gasteiger partial charge in [-0.1, -0.05) is 37.3 Å². The van der Waals surface area contributed by atoms with Gasteiger partial charge in [0, 0.05) is 13.0 Å². The highest BCUT2D eigenvalue weighted by Crippen LogP contribution is 2.23. The second kappa shape index (κ2) is 7.30. The highest BCUT2D eigenvalue weighted by Gasteiger charge is 2.34. The number of nitrogens with zero attached hydrogens (tertiary/aromatic N) is 1. The number of carbonyl (C=O) groups excluding carboxylic acids is 3. The van der Waals surface area contributed by atoms with Crippen molar-refractivity contribution < 1.29 is 19.1 Å². The van der Waals surface area contributed by atoms with Crippen molar-refractivity contribution in [3.8, 4) is 5.75 Å². The van der Waals surface area contributed by atoms with Crippen LogP contribution in [0.3, 0.4) is 0 Å². The van der Waals surface area contributed by atoms with Gasteiger partial charge in [-0.25, -0.2) is 0 Å². The molecule has 1 atom stereocenters. The first-order chi connectivity index (χ1) is 12.1. The van der Waals surface area contributed by atoms with E-state index in [1.165, 1.54) is 4.90 Å². The van der Waals surface area contributed by atoms with E-state index in [0.717, 1.165) is 0 Å². The van der Waals surface area contributed by atoms with Crippen molar-refractivity contribution >= 4 is 17.8 Å². The zero-order valence-corrected chi connectivity index (χ0v) is 14.0. The second-order valence-electron chi connectivity index (χ2n) is 6.19. The van der Waals surface area contributed by atoms with Gasteiger partial charge >= 0.3 is 5.97 Å². The van der Waals surface area contributed by atoms with Crippen LogP contribution in [-0.2, 0) is 4.79 Å². The van der Waals surface area contributed by atoms with Crippen LogP contribution in [0.15, 0.2) is 54.6 Å². The zero-order valence-electron chi connectivity index (χ0n) is 14.0. The summed E-state index contributed by atoms with van der Waals surface area (Å²) < 4.78 is 5.26. The van der Waals surface area contributed by atoms with E-state index in [4.69, 9.17) is 4.74 Å². The molecule has 0 aliphatic carbocycles. The van der Waals surface area contributed by atoms with E-state index in [2.05, 4.69) is 0 Å². The number of para-hydroxylation sites is 1. The summed E-state index contributed by atoms with van der Waals surface area (Å²) in [4.78, 5) is 37.8. The Kier molecular flexibility index (Phi) is 4.93. The summed E-state index contributed by atoms with van der Waals surface area (Å²) in [6.45, 7) is 2.20. The summed E-state index contributed by atoms with van der Waals surface area (Å²) in [5, 5.41) is 0. The number of carbonyl (C=O) groups is 3. The maximum atomic E-state index is 12.3.